The molecule has 9 heteroatoms. The van der Waals surface area contributed by atoms with E-state index in [0.29, 0.717) is 0 Å². The Labute approximate surface area is 545 Å². The van der Waals surface area contributed by atoms with Crippen molar-refractivity contribution >= 4 is 81.3 Å². The Morgan fingerprint density at radius 3 is 1.20 bits per heavy atom. The number of nitrogens with one attached hydrogen (secondary N) is 1. The molecule has 0 spiro atoms. The van der Waals surface area contributed by atoms with Crippen molar-refractivity contribution in [2.45, 2.75) is 0 Å². The summed E-state index contributed by atoms with van der Waals surface area (Å²) in [6.45, 7) is 0. The summed E-state index contributed by atoms with van der Waals surface area (Å²) in [5.41, 5.74) is 22.1. The summed E-state index contributed by atoms with van der Waals surface area (Å²) in [6.07, 6.45) is 11.4. The summed E-state index contributed by atoms with van der Waals surface area (Å²) in [5, 5.41) is 7.38. The second kappa shape index (κ2) is 24.7. The number of aromatic amines is 1. The molecule has 0 fully saturated rings. The molecule has 0 atom stereocenters. The van der Waals surface area contributed by atoms with Crippen molar-refractivity contribution in [3.8, 4) is 84.3 Å². The molecule has 0 aliphatic rings. The zero-order valence-corrected chi connectivity index (χ0v) is 51.9. The fourth-order valence-electron chi connectivity index (χ4n) is 12.9. The molecule has 440 valence electrons. The van der Waals surface area contributed by atoms with Gasteiger partial charge in [-0.1, -0.05) is 210 Å². The Balaban J connectivity index is 0.000000127. The second-order valence-corrected chi connectivity index (χ2v) is 23.8. The SMILES string of the molecule is Brc1ccc(-c2ncccn2)cc1.c1ccc(-c2cc(-c3ccccc3)cc(-n3ccc4ccc5c6ccccc6[nH]c5c43)c2)cc1.c1ccc(-c2cc(-c3ccccc3)cc(-n3ccc4ccc5c6ccccc6n(-c6ccc(-c7ncccn7)cc6)c5c43)c2)cc1. The van der Waals surface area contributed by atoms with E-state index in [-0.39, 0.29) is 0 Å². The standard InChI is InChI=1S/C42H28N4.C32H22N2.C10H7BrN2/c1-3-10-29(11-4-1)33-26-34(30-12-5-2-6-13-30)28-36(27-33)45-25-22-31-18-21-38-37-14-7-8-15-39(37)46(41(38)40(31)45)35-19-16-32(17-20-35)42-43-23-9-24-44-42;1-3-9-22(10-4-1)25-19-26(23-11-5-2-6-12-23)21-27(20-25)34-18-17-24-15-16-29-28-13-7-8-14-30(28)33-31(29)32(24)34;11-9-4-2-8(3-5-9)10-12-6-1-7-13-10/h1-28H;1-21,33H;1-7H. The second-order valence-electron chi connectivity index (χ2n) is 22.9. The Kier molecular flexibility index (Phi) is 15.0. The van der Waals surface area contributed by atoms with Gasteiger partial charge in [0.2, 0.25) is 0 Å². The topological polar surface area (TPSA) is 82.1 Å². The molecular formula is C84H57BrN8. The van der Waals surface area contributed by atoms with Crippen LogP contribution >= 0.6 is 15.9 Å². The molecule has 0 unspecified atom stereocenters. The van der Waals surface area contributed by atoms with Gasteiger partial charge >= 0.3 is 0 Å². The molecule has 18 rings (SSSR count). The lowest BCUT2D eigenvalue weighted by Crippen LogP contribution is -1.99. The quantitative estimate of drug-likeness (QED) is 0.156. The first kappa shape index (κ1) is 56.2. The van der Waals surface area contributed by atoms with Gasteiger partial charge in [0, 0.05) is 108 Å². The van der Waals surface area contributed by atoms with E-state index in [2.05, 4.69) is 334 Å². The van der Waals surface area contributed by atoms with Gasteiger partial charge in [-0.25, -0.2) is 19.9 Å². The minimum absolute atomic E-state index is 0.722. The number of H-pyrrole nitrogens is 1. The maximum atomic E-state index is 4.46. The highest BCUT2D eigenvalue weighted by Crippen LogP contribution is 2.41. The number of halogens is 1. The third-order valence-electron chi connectivity index (χ3n) is 17.3. The largest absolute Gasteiger partial charge is 0.353 e. The van der Waals surface area contributed by atoms with E-state index in [0.717, 1.165) is 44.3 Å². The molecule has 18 aromatic rings. The first-order valence-corrected chi connectivity index (χ1v) is 31.8. The molecular weight excluding hydrogens is 1200 g/mol. The Morgan fingerprint density at radius 1 is 0.280 bits per heavy atom. The Bertz CT molecular complexity index is 5530. The van der Waals surface area contributed by atoms with Crippen LogP contribution in [0.2, 0.25) is 0 Å². The first-order valence-electron chi connectivity index (χ1n) is 31.0. The van der Waals surface area contributed by atoms with Crippen LogP contribution in [0.15, 0.2) is 345 Å². The zero-order valence-electron chi connectivity index (χ0n) is 50.3. The fourth-order valence-corrected chi connectivity index (χ4v) is 13.1. The number of benzene rings is 12. The number of hydrogen-bond donors (Lipinski definition) is 1. The average molecular weight is 1260 g/mol. The van der Waals surface area contributed by atoms with Gasteiger partial charge in [0.15, 0.2) is 11.6 Å². The average Bonchev–Trinajstić information content (AvgIpc) is 1.65. The molecule has 6 heterocycles. The number of rotatable bonds is 9. The summed E-state index contributed by atoms with van der Waals surface area (Å²) in [4.78, 5) is 20.9. The van der Waals surface area contributed by atoms with Crippen molar-refractivity contribution in [2.24, 2.45) is 0 Å². The molecule has 0 aliphatic carbocycles. The third kappa shape index (κ3) is 11.0. The van der Waals surface area contributed by atoms with E-state index in [4.69, 9.17) is 0 Å². The van der Waals surface area contributed by atoms with Crippen molar-refractivity contribution in [1.82, 2.24) is 38.6 Å². The van der Waals surface area contributed by atoms with Crippen molar-refractivity contribution in [3.05, 3.63) is 345 Å². The number of fused-ring (bicyclic) bond motifs is 10. The number of nitrogens with zero attached hydrogens (tertiary/aromatic N) is 7. The molecule has 12 aromatic carbocycles. The minimum Gasteiger partial charge on any atom is -0.353 e. The van der Waals surface area contributed by atoms with Crippen LogP contribution in [0, 0.1) is 0 Å². The first-order chi connectivity index (χ1) is 46.0. The fraction of sp³-hybridized carbons (Fsp3) is 0. The van der Waals surface area contributed by atoms with Crippen molar-refractivity contribution in [3.63, 3.8) is 0 Å². The summed E-state index contributed by atoms with van der Waals surface area (Å²) in [6, 6.07) is 107. The lowest BCUT2D eigenvalue weighted by Gasteiger charge is -2.15. The van der Waals surface area contributed by atoms with Gasteiger partial charge in [-0.2, -0.15) is 0 Å². The Hall–Kier alpha value is -12.0. The lowest BCUT2D eigenvalue weighted by atomic mass is 9.98. The smallest absolute Gasteiger partial charge is 0.159 e. The monoisotopic (exact) mass is 1260 g/mol. The van der Waals surface area contributed by atoms with E-state index >= 15 is 0 Å². The molecule has 0 aliphatic heterocycles. The van der Waals surface area contributed by atoms with Crippen molar-refractivity contribution in [1.29, 1.82) is 0 Å². The van der Waals surface area contributed by atoms with Crippen LogP contribution in [0.5, 0.6) is 0 Å². The van der Waals surface area contributed by atoms with Crippen LogP contribution in [0.25, 0.3) is 150 Å². The predicted octanol–water partition coefficient (Wildman–Crippen LogP) is 22.0. The molecule has 8 nitrogen and oxygen atoms in total. The van der Waals surface area contributed by atoms with E-state index in [1.54, 1.807) is 24.8 Å². The number of hydrogen-bond acceptors (Lipinski definition) is 4. The van der Waals surface area contributed by atoms with E-state index < -0.39 is 0 Å². The van der Waals surface area contributed by atoms with Gasteiger partial charge in [-0.15, -0.1) is 0 Å². The Morgan fingerprint density at radius 2 is 0.699 bits per heavy atom. The molecule has 0 amide bonds. The molecule has 0 bridgehead atoms. The van der Waals surface area contributed by atoms with Gasteiger partial charge in [0.25, 0.3) is 0 Å². The molecule has 1 N–H and O–H groups in total. The maximum Gasteiger partial charge on any atom is 0.159 e. The van der Waals surface area contributed by atoms with Gasteiger partial charge in [0.1, 0.15) is 0 Å². The highest BCUT2D eigenvalue weighted by atomic mass is 79.9. The normalized spacial score (nSPS) is 11.3. The van der Waals surface area contributed by atoms with Crippen LogP contribution in [0.4, 0.5) is 0 Å². The van der Waals surface area contributed by atoms with E-state index in [1.807, 2.05) is 36.4 Å². The van der Waals surface area contributed by atoms with Gasteiger partial charge in [0.05, 0.1) is 27.6 Å². The lowest BCUT2D eigenvalue weighted by molar-refractivity contribution is 1.12. The van der Waals surface area contributed by atoms with Gasteiger partial charge in [-0.3, -0.25) is 0 Å². The summed E-state index contributed by atoms with van der Waals surface area (Å²) >= 11 is 3.38. The molecule has 0 saturated carbocycles. The maximum absolute atomic E-state index is 4.46. The molecule has 0 saturated heterocycles. The molecule has 93 heavy (non-hydrogen) atoms. The third-order valence-corrected chi connectivity index (χ3v) is 17.8. The van der Waals surface area contributed by atoms with Gasteiger partial charge < -0.3 is 18.7 Å². The minimum atomic E-state index is 0.722. The number of para-hydroxylation sites is 2. The van der Waals surface area contributed by atoms with E-state index in [9.17, 15) is 0 Å². The van der Waals surface area contributed by atoms with Gasteiger partial charge in [-0.05, 0) is 154 Å². The van der Waals surface area contributed by atoms with Crippen LogP contribution in [0.1, 0.15) is 0 Å². The van der Waals surface area contributed by atoms with Crippen LogP contribution in [-0.2, 0) is 0 Å². The summed E-state index contributed by atoms with van der Waals surface area (Å²) in [7, 11) is 0. The molecule has 0 radical (unpaired) electrons. The van der Waals surface area contributed by atoms with Crippen LogP contribution in [0.3, 0.4) is 0 Å². The number of aromatic nitrogens is 8. The predicted molar refractivity (Wildman–Crippen MR) is 388 cm³/mol. The zero-order chi connectivity index (χ0) is 62.0. The summed E-state index contributed by atoms with van der Waals surface area (Å²) in [5.74, 6) is 1.48. The van der Waals surface area contributed by atoms with E-state index in [1.165, 1.54) is 110 Å². The highest BCUT2D eigenvalue weighted by molar-refractivity contribution is 9.10. The molecule has 6 aromatic heterocycles. The van der Waals surface area contributed by atoms with Crippen LogP contribution in [-0.4, -0.2) is 38.6 Å². The van der Waals surface area contributed by atoms with Crippen LogP contribution < -0.4 is 0 Å². The highest BCUT2D eigenvalue weighted by Gasteiger charge is 2.20. The summed E-state index contributed by atoms with van der Waals surface area (Å²) < 4.78 is 8.15. The van der Waals surface area contributed by atoms with Crippen molar-refractivity contribution in [2.75, 3.05) is 0 Å². The van der Waals surface area contributed by atoms with Crippen molar-refractivity contribution < 1.29 is 0 Å².